The van der Waals surface area contributed by atoms with Crippen LogP contribution in [0.4, 0.5) is 5.13 Å². The van der Waals surface area contributed by atoms with E-state index in [1.54, 1.807) is 12.1 Å². The molecule has 0 aliphatic carbocycles. The third kappa shape index (κ3) is 3.14. The Bertz CT molecular complexity index is 761. The third-order valence-electron chi connectivity index (χ3n) is 2.60. The molecule has 0 bridgehead atoms. The number of thioether (sulfide) groups is 1. The zero-order valence-electron chi connectivity index (χ0n) is 10.9. The predicted molar refractivity (Wildman–Crippen MR) is 85.0 cm³/mol. The van der Waals surface area contributed by atoms with Gasteiger partial charge >= 0.3 is 0 Å². The van der Waals surface area contributed by atoms with Gasteiger partial charge in [-0.2, -0.15) is 0 Å². The number of furan rings is 1. The second-order valence-electron chi connectivity index (χ2n) is 4.08. The summed E-state index contributed by atoms with van der Waals surface area (Å²) in [4.78, 5) is 12.1. The number of carbonyl (C=O) groups is 1. The molecule has 2 aromatic heterocycles. The van der Waals surface area contributed by atoms with Crippen molar-refractivity contribution >= 4 is 45.1 Å². The highest BCUT2D eigenvalue weighted by atomic mass is 32.2. The lowest BCUT2D eigenvalue weighted by atomic mass is 10.2. The first-order valence-electron chi connectivity index (χ1n) is 6.13. The number of hydrogen-bond acceptors (Lipinski definition) is 6. The maximum absolute atomic E-state index is 12.1. The molecule has 0 radical (unpaired) electrons. The fourth-order valence-electron chi connectivity index (χ4n) is 1.70. The summed E-state index contributed by atoms with van der Waals surface area (Å²) in [6, 6.07) is 9.18. The van der Waals surface area contributed by atoms with Crippen molar-refractivity contribution in [3.05, 3.63) is 48.7 Å². The molecule has 1 aromatic carbocycles. The van der Waals surface area contributed by atoms with Gasteiger partial charge in [-0.3, -0.25) is 10.1 Å². The summed E-state index contributed by atoms with van der Waals surface area (Å²) >= 11 is 2.84. The fraction of sp³-hybridized carbons (Fsp3) is 0.0714. The first-order chi connectivity index (χ1) is 10.3. The zero-order valence-corrected chi connectivity index (χ0v) is 12.5. The average Bonchev–Trinajstić information content (AvgIpc) is 3.11. The molecular weight excluding hydrogens is 306 g/mol. The monoisotopic (exact) mass is 317 g/mol. The summed E-state index contributed by atoms with van der Waals surface area (Å²) in [7, 11) is 0. The Balaban J connectivity index is 1.73. The van der Waals surface area contributed by atoms with E-state index < -0.39 is 0 Å². The number of fused-ring (bicyclic) bond motifs is 1. The first-order valence-corrected chi connectivity index (χ1v) is 7.93. The number of benzene rings is 1. The molecule has 0 saturated carbocycles. The molecule has 7 heteroatoms. The molecule has 1 N–H and O–H groups in total. The second-order valence-corrected chi connectivity index (χ2v) is 6.32. The summed E-state index contributed by atoms with van der Waals surface area (Å²) < 4.78 is 6.29. The lowest BCUT2D eigenvalue weighted by Gasteiger charge is -1.95. The minimum Gasteiger partial charge on any atom is -0.451 e. The summed E-state index contributed by atoms with van der Waals surface area (Å²) in [6.45, 7) is 3.64. The lowest BCUT2D eigenvalue weighted by Crippen LogP contribution is -2.10. The highest BCUT2D eigenvalue weighted by Crippen LogP contribution is 2.26. The summed E-state index contributed by atoms with van der Waals surface area (Å²) in [5, 5.41) is 11.9. The third-order valence-corrected chi connectivity index (χ3v) is 4.57. The van der Waals surface area contributed by atoms with Crippen molar-refractivity contribution in [2.75, 3.05) is 11.1 Å². The Morgan fingerprint density at radius 2 is 2.29 bits per heavy atom. The highest BCUT2D eigenvalue weighted by Gasteiger charge is 2.14. The number of hydrogen-bond donors (Lipinski definition) is 1. The number of para-hydroxylation sites is 1. The van der Waals surface area contributed by atoms with Gasteiger partial charge in [0.05, 0.1) is 0 Å². The van der Waals surface area contributed by atoms with Gasteiger partial charge in [0.2, 0.25) is 5.13 Å². The second kappa shape index (κ2) is 6.11. The first kappa shape index (κ1) is 13.8. The van der Waals surface area contributed by atoms with Crippen LogP contribution in [0, 0.1) is 0 Å². The summed E-state index contributed by atoms with van der Waals surface area (Å²) in [6.07, 6.45) is 1.79. The normalized spacial score (nSPS) is 10.7. The van der Waals surface area contributed by atoms with Crippen LogP contribution in [0.15, 0.2) is 51.7 Å². The zero-order chi connectivity index (χ0) is 14.7. The number of amides is 1. The summed E-state index contributed by atoms with van der Waals surface area (Å²) in [5.74, 6) is 0.681. The number of rotatable bonds is 5. The standard InChI is InChI=1S/C14H11N3O2S2/c1-2-7-20-14-17-16-13(21-14)15-12(18)11-8-9-5-3-4-6-10(9)19-11/h2-6,8H,1,7H2,(H,15,16,18). The molecule has 3 rings (SSSR count). The van der Waals surface area contributed by atoms with Crippen LogP contribution >= 0.6 is 23.1 Å². The topological polar surface area (TPSA) is 68.0 Å². The number of nitrogens with one attached hydrogen (secondary N) is 1. The van der Waals surface area contributed by atoms with E-state index in [9.17, 15) is 4.79 Å². The van der Waals surface area contributed by atoms with E-state index in [4.69, 9.17) is 4.42 Å². The SMILES string of the molecule is C=CCSc1nnc(NC(=O)c2cc3ccccc3o2)s1. The molecule has 3 aromatic rings. The van der Waals surface area contributed by atoms with Gasteiger partial charge < -0.3 is 4.42 Å². The highest BCUT2D eigenvalue weighted by molar-refractivity contribution is 8.01. The molecule has 5 nitrogen and oxygen atoms in total. The molecule has 0 fully saturated rings. The van der Waals surface area contributed by atoms with Gasteiger partial charge in [0.25, 0.3) is 5.91 Å². The van der Waals surface area contributed by atoms with Crippen molar-refractivity contribution in [1.82, 2.24) is 10.2 Å². The molecule has 0 aliphatic heterocycles. The Kier molecular flexibility index (Phi) is 4.03. The van der Waals surface area contributed by atoms with Gasteiger partial charge in [0.1, 0.15) is 5.58 Å². The van der Waals surface area contributed by atoms with Crippen LogP contribution in [-0.4, -0.2) is 21.9 Å². The molecule has 0 atom stereocenters. The minimum atomic E-state index is -0.331. The van der Waals surface area contributed by atoms with E-state index in [0.29, 0.717) is 10.7 Å². The molecule has 0 spiro atoms. The predicted octanol–water partition coefficient (Wildman–Crippen LogP) is 3.81. The molecule has 2 heterocycles. The molecule has 1 amide bonds. The molecule has 106 valence electrons. The van der Waals surface area contributed by atoms with Gasteiger partial charge in [0.15, 0.2) is 10.1 Å². The number of nitrogens with zero attached hydrogens (tertiary/aromatic N) is 2. The molecule has 0 unspecified atom stereocenters. The number of aromatic nitrogens is 2. The van der Waals surface area contributed by atoms with Crippen molar-refractivity contribution < 1.29 is 9.21 Å². The van der Waals surface area contributed by atoms with Crippen LogP contribution in [0.5, 0.6) is 0 Å². The molecule has 0 saturated heterocycles. The van der Waals surface area contributed by atoms with Crippen LogP contribution < -0.4 is 5.32 Å². The maximum Gasteiger partial charge on any atom is 0.293 e. The maximum atomic E-state index is 12.1. The number of carbonyl (C=O) groups excluding carboxylic acids is 1. The quantitative estimate of drug-likeness (QED) is 0.440. The Morgan fingerprint density at radius 3 is 3.10 bits per heavy atom. The van der Waals surface area contributed by atoms with Gasteiger partial charge in [-0.25, -0.2) is 0 Å². The van der Waals surface area contributed by atoms with E-state index >= 15 is 0 Å². The molecule has 0 aliphatic rings. The van der Waals surface area contributed by atoms with Gasteiger partial charge in [0, 0.05) is 11.1 Å². The minimum absolute atomic E-state index is 0.256. The van der Waals surface area contributed by atoms with Crippen LogP contribution in [0.1, 0.15) is 10.6 Å². The van der Waals surface area contributed by atoms with E-state index in [-0.39, 0.29) is 11.7 Å². The Labute approximate surface area is 129 Å². The smallest absolute Gasteiger partial charge is 0.293 e. The van der Waals surface area contributed by atoms with Crippen molar-refractivity contribution in [2.45, 2.75) is 4.34 Å². The fourth-order valence-corrected chi connectivity index (χ4v) is 3.21. The Morgan fingerprint density at radius 1 is 1.43 bits per heavy atom. The van der Waals surface area contributed by atoms with Crippen LogP contribution in [0.25, 0.3) is 11.0 Å². The average molecular weight is 317 g/mol. The van der Waals surface area contributed by atoms with E-state index in [1.807, 2.05) is 24.3 Å². The van der Waals surface area contributed by atoms with Gasteiger partial charge in [-0.05, 0) is 12.1 Å². The van der Waals surface area contributed by atoms with Crippen molar-refractivity contribution in [3.8, 4) is 0 Å². The van der Waals surface area contributed by atoms with E-state index in [0.717, 1.165) is 15.5 Å². The van der Waals surface area contributed by atoms with Gasteiger partial charge in [-0.1, -0.05) is 47.4 Å². The largest absolute Gasteiger partial charge is 0.451 e. The van der Waals surface area contributed by atoms with E-state index in [1.165, 1.54) is 23.1 Å². The van der Waals surface area contributed by atoms with E-state index in [2.05, 4.69) is 22.1 Å². The van der Waals surface area contributed by atoms with Crippen molar-refractivity contribution in [1.29, 1.82) is 0 Å². The Hall–Kier alpha value is -2.12. The van der Waals surface area contributed by atoms with Gasteiger partial charge in [-0.15, -0.1) is 16.8 Å². The van der Waals surface area contributed by atoms with Crippen LogP contribution in [-0.2, 0) is 0 Å². The number of anilines is 1. The molecular formula is C14H11N3O2S2. The van der Waals surface area contributed by atoms with Crippen molar-refractivity contribution in [2.24, 2.45) is 0 Å². The summed E-state index contributed by atoms with van der Waals surface area (Å²) in [5.41, 5.74) is 0.683. The van der Waals surface area contributed by atoms with Crippen LogP contribution in [0.2, 0.25) is 0 Å². The van der Waals surface area contributed by atoms with Crippen molar-refractivity contribution in [3.63, 3.8) is 0 Å². The lowest BCUT2D eigenvalue weighted by molar-refractivity contribution is 0.0998. The molecule has 21 heavy (non-hydrogen) atoms. The van der Waals surface area contributed by atoms with Crippen LogP contribution in [0.3, 0.4) is 0 Å².